The zero-order valence-electron chi connectivity index (χ0n) is 16.7. The van der Waals surface area contributed by atoms with Crippen LogP contribution in [0.25, 0.3) is 0 Å². The average molecular weight is 502 g/mol. The number of nitrogens with zero attached hydrogens (tertiary/aromatic N) is 2. The normalized spacial score (nSPS) is 11.0. The summed E-state index contributed by atoms with van der Waals surface area (Å²) >= 11 is 1.77. The van der Waals surface area contributed by atoms with E-state index in [2.05, 4.69) is 53.5 Å². The Morgan fingerprint density at radius 3 is 2.74 bits per heavy atom. The molecule has 2 aromatic rings. The molecule has 0 atom stereocenters. The predicted octanol–water partition coefficient (Wildman–Crippen LogP) is 4.46. The molecule has 1 aromatic heterocycles. The molecular weight excluding hydrogens is 471 g/mol. The van der Waals surface area contributed by atoms with E-state index >= 15 is 0 Å². The lowest BCUT2D eigenvalue weighted by atomic mass is 10.2. The second-order valence-corrected chi connectivity index (χ2v) is 7.49. The lowest BCUT2D eigenvalue weighted by molar-refractivity contribution is 0.309. The van der Waals surface area contributed by atoms with E-state index in [1.807, 2.05) is 12.1 Å². The van der Waals surface area contributed by atoms with E-state index in [9.17, 15) is 0 Å². The van der Waals surface area contributed by atoms with Gasteiger partial charge < -0.3 is 15.4 Å². The molecule has 1 aromatic carbocycles. The molecule has 27 heavy (non-hydrogen) atoms. The molecule has 0 aliphatic rings. The summed E-state index contributed by atoms with van der Waals surface area (Å²) in [6.07, 6.45) is 3.13. The summed E-state index contributed by atoms with van der Waals surface area (Å²) in [6, 6.07) is 8.21. The number of thiazole rings is 1. The summed E-state index contributed by atoms with van der Waals surface area (Å²) in [5, 5.41) is 7.86. The van der Waals surface area contributed by atoms with Crippen molar-refractivity contribution in [2.24, 2.45) is 4.99 Å². The van der Waals surface area contributed by atoms with Crippen LogP contribution in [0, 0.1) is 13.8 Å². The first-order valence-electron chi connectivity index (χ1n) is 9.21. The van der Waals surface area contributed by atoms with Crippen LogP contribution >= 0.6 is 35.3 Å². The monoisotopic (exact) mass is 502 g/mol. The third-order valence-electron chi connectivity index (χ3n) is 4.05. The van der Waals surface area contributed by atoms with Gasteiger partial charge in [-0.2, -0.15) is 0 Å². The maximum Gasteiger partial charge on any atom is 0.191 e. The molecule has 0 radical (unpaired) electrons. The van der Waals surface area contributed by atoms with Crippen molar-refractivity contribution in [2.45, 2.75) is 46.6 Å². The van der Waals surface area contributed by atoms with Crippen molar-refractivity contribution in [3.63, 3.8) is 0 Å². The van der Waals surface area contributed by atoms with Gasteiger partial charge >= 0.3 is 0 Å². The van der Waals surface area contributed by atoms with Gasteiger partial charge in [-0.25, -0.2) is 4.98 Å². The highest BCUT2D eigenvalue weighted by molar-refractivity contribution is 14.0. The molecule has 0 saturated carbocycles. The molecule has 5 nitrogen and oxygen atoms in total. The molecular formula is C20H31IN4OS. The summed E-state index contributed by atoms with van der Waals surface area (Å²) in [4.78, 5) is 10.2. The molecule has 150 valence electrons. The summed E-state index contributed by atoms with van der Waals surface area (Å²) in [5.41, 5.74) is 2.31. The Labute approximate surface area is 184 Å². The Hall–Kier alpha value is -1.35. The van der Waals surface area contributed by atoms with Gasteiger partial charge in [-0.15, -0.1) is 35.3 Å². The number of aliphatic imine (C=N–C) groups is 1. The highest BCUT2D eigenvalue weighted by Crippen LogP contribution is 2.16. The topological polar surface area (TPSA) is 58.5 Å². The zero-order chi connectivity index (χ0) is 18.8. The van der Waals surface area contributed by atoms with Crippen LogP contribution in [0.3, 0.4) is 0 Å². The molecule has 0 saturated heterocycles. The van der Waals surface area contributed by atoms with E-state index < -0.39 is 0 Å². The molecule has 2 rings (SSSR count). The molecule has 0 bridgehead atoms. The van der Waals surface area contributed by atoms with E-state index in [1.54, 1.807) is 18.4 Å². The van der Waals surface area contributed by atoms with Crippen LogP contribution in [0.5, 0.6) is 5.75 Å². The van der Waals surface area contributed by atoms with Gasteiger partial charge in [0.05, 0.1) is 17.3 Å². The van der Waals surface area contributed by atoms with Crippen molar-refractivity contribution < 1.29 is 4.74 Å². The third-order valence-corrected chi connectivity index (χ3v) is 5.19. The van der Waals surface area contributed by atoms with Gasteiger partial charge in [0, 0.05) is 31.4 Å². The smallest absolute Gasteiger partial charge is 0.191 e. The lowest BCUT2D eigenvalue weighted by Gasteiger charge is -2.12. The highest BCUT2D eigenvalue weighted by Gasteiger charge is 2.04. The third kappa shape index (κ3) is 8.47. The van der Waals surface area contributed by atoms with Gasteiger partial charge in [0.2, 0.25) is 0 Å². The molecule has 0 fully saturated rings. The quantitative estimate of drug-likeness (QED) is 0.230. The van der Waals surface area contributed by atoms with Crippen LogP contribution in [-0.4, -0.2) is 31.1 Å². The van der Waals surface area contributed by atoms with Crippen LogP contribution in [0.2, 0.25) is 0 Å². The Bertz CT molecular complexity index is 698. The number of unbranched alkanes of at least 4 members (excludes halogenated alkanes) is 1. The predicted molar refractivity (Wildman–Crippen MR) is 126 cm³/mol. The first kappa shape index (κ1) is 23.7. The Kier molecular flexibility index (Phi) is 11.3. The van der Waals surface area contributed by atoms with Crippen molar-refractivity contribution in [3.05, 3.63) is 45.4 Å². The maximum absolute atomic E-state index is 5.77. The van der Waals surface area contributed by atoms with Crippen LogP contribution < -0.4 is 15.4 Å². The van der Waals surface area contributed by atoms with Gasteiger partial charge in [-0.05, 0) is 38.0 Å². The van der Waals surface area contributed by atoms with E-state index in [4.69, 9.17) is 4.74 Å². The first-order valence-corrected chi connectivity index (χ1v) is 10.0. The fourth-order valence-corrected chi connectivity index (χ4v) is 3.35. The van der Waals surface area contributed by atoms with Crippen LogP contribution in [0.4, 0.5) is 0 Å². The lowest BCUT2D eigenvalue weighted by Crippen LogP contribution is -2.37. The number of nitrogens with one attached hydrogen (secondary N) is 2. The van der Waals surface area contributed by atoms with E-state index in [0.717, 1.165) is 49.8 Å². The van der Waals surface area contributed by atoms with Crippen molar-refractivity contribution in [2.75, 3.05) is 20.2 Å². The number of aromatic nitrogens is 1. The van der Waals surface area contributed by atoms with Gasteiger partial charge in [-0.3, -0.25) is 4.99 Å². The second kappa shape index (κ2) is 12.9. The minimum atomic E-state index is 0. The Morgan fingerprint density at radius 1 is 1.26 bits per heavy atom. The number of halogens is 1. The number of hydrogen-bond donors (Lipinski definition) is 2. The van der Waals surface area contributed by atoms with E-state index in [0.29, 0.717) is 6.54 Å². The number of guanidine groups is 1. The summed E-state index contributed by atoms with van der Waals surface area (Å²) in [6.45, 7) is 8.63. The molecule has 0 spiro atoms. The number of aryl methyl sites for hydroxylation is 2. The van der Waals surface area contributed by atoms with Gasteiger partial charge in [0.25, 0.3) is 0 Å². The van der Waals surface area contributed by atoms with Crippen molar-refractivity contribution in [1.82, 2.24) is 15.6 Å². The average Bonchev–Trinajstić information content (AvgIpc) is 2.96. The molecule has 0 unspecified atom stereocenters. The molecule has 1 heterocycles. The van der Waals surface area contributed by atoms with Gasteiger partial charge in [0.1, 0.15) is 5.75 Å². The Balaban J connectivity index is 0.00000364. The van der Waals surface area contributed by atoms with Crippen LogP contribution in [0.15, 0.2) is 29.3 Å². The first-order chi connectivity index (χ1) is 12.6. The van der Waals surface area contributed by atoms with Crippen LogP contribution in [-0.2, 0) is 13.0 Å². The molecule has 2 N–H and O–H groups in total. The van der Waals surface area contributed by atoms with Gasteiger partial charge in [-0.1, -0.05) is 25.5 Å². The largest absolute Gasteiger partial charge is 0.494 e. The van der Waals surface area contributed by atoms with E-state index in [1.165, 1.54) is 15.4 Å². The van der Waals surface area contributed by atoms with Crippen molar-refractivity contribution in [3.8, 4) is 5.75 Å². The van der Waals surface area contributed by atoms with E-state index in [-0.39, 0.29) is 24.0 Å². The minimum absolute atomic E-state index is 0. The molecule has 0 amide bonds. The van der Waals surface area contributed by atoms with Gasteiger partial charge in [0.15, 0.2) is 5.96 Å². The number of hydrogen-bond acceptors (Lipinski definition) is 4. The van der Waals surface area contributed by atoms with Crippen molar-refractivity contribution in [1.29, 1.82) is 0 Å². The SMILES string of the molecule is CCCCOc1cccc(CNC(=NC)NCCc2nc(C)c(C)s2)c1.I. The standard InChI is InChI=1S/C20H30N4OS.HI/c1-5-6-12-25-18-9-7-8-17(13-18)14-23-20(21-4)22-11-10-19-24-15(2)16(3)26-19;/h7-9,13H,5-6,10-12,14H2,1-4H3,(H2,21,22,23);1H. The number of rotatable bonds is 9. The summed E-state index contributed by atoms with van der Waals surface area (Å²) < 4.78 is 5.77. The molecule has 0 aliphatic heterocycles. The molecule has 7 heteroatoms. The summed E-state index contributed by atoms with van der Waals surface area (Å²) in [5.74, 6) is 1.72. The highest BCUT2D eigenvalue weighted by atomic mass is 127. The number of benzene rings is 1. The van der Waals surface area contributed by atoms with Crippen molar-refractivity contribution >= 4 is 41.3 Å². The fraction of sp³-hybridized carbons (Fsp3) is 0.500. The Morgan fingerprint density at radius 2 is 2.07 bits per heavy atom. The molecule has 0 aliphatic carbocycles. The number of ether oxygens (including phenoxy) is 1. The fourth-order valence-electron chi connectivity index (χ4n) is 2.42. The summed E-state index contributed by atoms with van der Waals surface area (Å²) in [7, 11) is 1.79. The zero-order valence-corrected chi connectivity index (χ0v) is 19.8. The van der Waals surface area contributed by atoms with Crippen LogP contribution in [0.1, 0.15) is 40.9 Å². The maximum atomic E-state index is 5.77. The minimum Gasteiger partial charge on any atom is -0.494 e. The second-order valence-electron chi connectivity index (χ2n) is 6.20.